The molecular weight excluding hydrogens is 218 g/mol. The molecule has 0 amide bonds. The number of nitrogens with two attached hydrogens (primary N) is 1. The molecule has 0 fully saturated rings. The Bertz CT molecular complexity index is 508. The lowest BCUT2D eigenvalue weighted by Gasteiger charge is -2.08. The molecule has 1 heterocycles. The number of aromatic nitrogens is 4. The normalized spacial score (nSPS) is 10.5. The van der Waals surface area contributed by atoms with E-state index in [0.29, 0.717) is 17.3 Å². The van der Waals surface area contributed by atoms with Crippen LogP contribution in [0.1, 0.15) is 13.3 Å². The molecule has 6 nitrogen and oxygen atoms in total. The summed E-state index contributed by atoms with van der Waals surface area (Å²) in [6.07, 6.45) is 0.961. The molecular formula is C11H15N5O. The Labute approximate surface area is 99.4 Å². The summed E-state index contributed by atoms with van der Waals surface area (Å²) < 4.78 is 7.04. The van der Waals surface area contributed by atoms with Gasteiger partial charge in [-0.25, -0.2) is 4.68 Å². The van der Waals surface area contributed by atoms with Crippen LogP contribution in [-0.4, -0.2) is 27.3 Å². The number of hydrogen-bond acceptors (Lipinski definition) is 5. The maximum atomic E-state index is 5.78. The van der Waals surface area contributed by atoms with Crippen molar-refractivity contribution in [1.82, 2.24) is 20.2 Å². The third-order valence-electron chi connectivity index (χ3n) is 2.43. The zero-order valence-electron chi connectivity index (χ0n) is 9.92. The monoisotopic (exact) mass is 233 g/mol. The fourth-order valence-corrected chi connectivity index (χ4v) is 1.66. The lowest BCUT2D eigenvalue weighted by atomic mass is 10.1. The van der Waals surface area contributed by atoms with Crippen LogP contribution in [0.3, 0.4) is 0 Å². The molecule has 0 aliphatic heterocycles. The minimum absolute atomic E-state index is 0.659. The van der Waals surface area contributed by atoms with Gasteiger partial charge in [0.15, 0.2) is 5.82 Å². The van der Waals surface area contributed by atoms with Gasteiger partial charge in [-0.2, -0.15) is 0 Å². The van der Waals surface area contributed by atoms with Crippen molar-refractivity contribution < 1.29 is 4.74 Å². The number of aryl methyl sites for hydroxylation is 1. The van der Waals surface area contributed by atoms with Gasteiger partial charge in [-0.3, -0.25) is 0 Å². The lowest BCUT2D eigenvalue weighted by Crippen LogP contribution is -2.03. The Hall–Kier alpha value is -2.11. The molecule has 0 atom stereocenters. The van der Waals surface area contributed by atoms with Crippen LogP contribution in [0.4, 0.5) is 5.69 Å². The Balaban J connectivity index is 2.51. The summed E-state index contributed by atoms with van der Waals surface area (Å²) in [6.45, 7) is 2.84. The van der Waals surface area contributed by atoms with E-state index in [4.69, 9.17) is 10.5 Å². The SMILES string of the molecule is CCCn1nnnc1-c1cc(N)ccc1OC. The van der Waals surface area contributed by atoms with Gasteiger partial charge >= 0.3 is 0 Å². The maximum Gasteiger partial charge on any atom is 0.185 e. The zero-order chi connectivity index (χ0) is 12.3. The van der Waals surface area contributed by atoms with Gasteiger partial charge in [-0.15, -0.1) is 5.10 Å². The van der Waals surface area contributed by atoms with Crippen molar-refractivity contribution >= 4 is 5.69 Å². The van der Waals surface area contributed by atoms with Crippen molar-refractivity contribution in [2.45, 2.75) is 19.9 Å². The Morgan fingerprint density at radius 3 is 2.94 bits per heavy atom. The number of anilines is 1. The van der Waals surface area contributed by atoms with E-state index >= 15 is 0 Å². The number of rotatable bonds is 4. The van der Waals surface area contributed by atoms with E-state index in [1.807, 2.05) is 12.1 Å². The third-order valence-corrected chi connectivity index (χ3v) is 2.43. The van der Waals surface area contributed by atoms with Crippen molar-refractivity contribution in [2.75, 3.05) is 12.8 Å². The van der Waals surface area contributed by atoms with E-state index in [-0.39, 0.29) is 0 Å². The first-order chi connectivity index (χ1) is 8.26. The van der Waals surface area contributed by atoms with E-state index in [1.54, 1.807) is 17.9 Å². The fourth-order valence-electron chi connectivity index (χ4n) is 1.66. The predicted octanol–water partition coefficient (Wildman–Crippen LogP) is 1.34. The second-order valence-corrected chi connectivity index (χ2v) is 3.69. The predicted molar refractivity (Wildman–Crippen MR) is 64.5 cm³/mol. The minimum atomic E-state index is 0.659. The molecule has 0 unspecified atom stereocenters. The van der Waals surface area contributed by atoms with Gasteiger partial charge < -0.3 is 10.5 Å². The van der Waals surface area contributed by atoms with E-state index in [0.717, 1.165) is 18.5 Å². The summed E-state index contributed by atoms with van der Waals surface area (Å²) >= 11 is 0. The number of hydrogen-bond donors (Lipinski definition) is 1. The molecule has 2 N–H and O–H groups in total. The molecule has 90 valence electrons. The lowest BCUT2D eigenvalue weighted by molar-refractivity contribution is 0.415. The largest absolute Gasteiger partial charge is 0.496 e. The molecule has 0 radical (unpaired) electrons. The second-order valence-electron chi connectivity index (χ2n) is 3.69. The number of benzene rings is 1. The molecule has 1 aromatic heterocycles. The fraction of sp³-hybridized carbons (Fsp3) is 0.364. The summed E-state index contributed by atoms with van der Waals surface area (Å²) in [4.78, 5) is 0. The van der Waals surface area contributed by atoms with Crippen molar-refractivity contribution in [2.24, 2.45) is 0 Å². The number of nitrogen functional groups attached to an aromatic ring is 1. The number of nitrogens with zero attached hydrogens (tertiary/aromatic N) is 4. The topological polar surface area (TPSA) is 78.9 Å². The van der Waals surface area contributed by atoms with Crippen molar-refractivity contribution in [3.8, 4) is 17.1 Å². The summed E-state index contributed by atoms with van der Waals surface area (Å²) in [5, 5.41) is 11.7. The highest BCUT2D eigenvalue weighted by molar-refractivity contribution is 5.68. The van der Waals surface area contributed by atoms with Crippen molar-refractivity contribution in [3.05, 3.63) is 18.2 Å². The van der Waals surface area contributed by atoms with Crippen LogP contribution in [0.2, 0.25) is 0 Å². The van der Waals surface area contributed by atoms with Crippen LogP contribution < -0.4 is 10.5 Å². The van der Waals surface area contributed by atoms with Crippen LogP contribution in [0.5, 0.6) is 5.75 Å². The van der Waals surface area contributed by atoms with Crippen LogP contribution >= 0.6 is 0 Å². The van der Waals surface area contributed by atoms with Gasteiger partial charge in [0, 0.05) is 12.2 Å². The van der Waals surface area contributed by atoms with E-state index in [2.05, 4.69) is 22.4 Å². The van der Waals surface area contributed by atoms with Gasteiger partial charge in [0.2, 0.25) is 0 Å². The first kappa shape index (κ1) is 11.4. The molecule has 0 aliphatic carbocycles. The van der Waals surface area contributed by atoms with Crippen LogP contribution in [-0.2, 0) is 6.54 Å². The standard InChI is InChI=1S/C11H15N5O/c1-3-6-16-11(13-14-15-16)9-7-8(12)4-5-10(9)17-2/h4-5,7H,3,6,12H2,1-2H3. The van der Waals surface area contributed by atoms with E-state index in [9.17, 15) is 0 Å². The summed E-state index contributed by atoms with van der Waals surface area (Å²) in [5.41, 5.74) is 7.25. The molecule has 0 aliphatic rings. The quantitative estimate of drug-likeness (QED) is 0.806. The summed E-state index contributed by atoms with van der Waals surface area (Å²) in [7, 11) is 1.61. The zero-order valence-corrected chi connectivity index (χ0v) is 9.92. The number of tetrazole rings is 1. The number of ether oxygens (including phenoxy) is 1. The summed E-state index contributed by atoms with van der Waals surface area (Å²) in [5.74, 6) is 1.39. The van der Waals surface area contributed by atoms with Gasteiger partial charge in [0.05, 0.1) is 12.7 Å². The Morgan fingerprint density at radius 2 is 2.24 bits per heavy atom. The van der Waals surface area contributed by atoms with Crippen LogP contribution in [0.15, 0.2) is 18.2 Å². The van der Waals surface area contributed by atoms with E-state index < -0.39 is 0 Å². The molecule has 0 bridgehead atoms. The minimum Gasteiger partial charge on any atom is -0.496 e. The highest BCUT2D eigenvalue weighted by atomic mass is 16.5. The molecule has 0 spiro atoms. The smallest absolute Gasteiger partial charge is 0.185 e. The van der Waals surface area contributed by atoms with Gasteiger partial charge in [-0.05, 0) is 35.0 Å². The van der Waals surface area contributed by atoms with Gasteiger partial charge in [-0.1, -0.05) is 6.92 Å². The molecule has 2 aromatic rings. The van der Waals surface area contributed by atoms with Crippen LogP contribution in [0.25, 0.3) is 11.4 Å². The molecule has 1 aromatic carbocycles. The molecule has 6 heteroatoms. The number of methoxy groups -OCH3 is 1. The average Bonchev–Trinajstić information content (AvgIpc) is 2.77. The maximum absolute atomic E-state index is 5.78. The first-order valence-electron chi connectivity index (χ1n) is 5.46. The molecule has 0 saturated carbocycles. The average molecular weight is 233 g/mol. The second kappa shape index (κ2) is 4.82. The highest BCUT2D eigenvalue weighted by Gasteiger charge is 2.13. The van der Waals surface area contributed by atoms with Crippen molar-refractivity contribution in [3.63, 3.8) is 0 Å². The Kier molecular flexibility index (Phi) is 3.22. The highest BCUT2D eigenvalue weighted by Crippen LogP contribution is 2.29. The molecule has 2 rings (SSSR count). The van der Waals surface area contributed by atoms with Crippen molar-refractivity contribution in [1.29, 1.82) is 0 Å². The van der Waals surface area contributed by atoms with E-state index in [1.165, 1.54) is 0 Å². The third kappa shape index (κ3) is 2.20. The van der Waals surface area contributed by atoms with Gasteiger partial charge in [0.1, 0.15) is 5.75 Å². The van der Waals surface area contributed by atoms with Crippen LogP contribution in [0, 0.1) is 0 Å². The molecule has 17 heavy (non-hydrogen) atoms. The Morgan fingerprint density at radius 1 is 1.41 bits per heavy atom. The summed E-state index contributed by atoms with van der Waals surface area (Å²) in [6, 6.07) is 5.42. The molecule has 0 saturated heterocycles. The van der Waals surface area contributed by atoms with Gasteiger partial charge in [0.25, 0.3) is 0 Å². The first-order valence-corrected chi connectivity index (χ1v) is 5.46.